The number of hydrogen-bond acceptors (Lipinski definition) is 0. The molecular weight excluding hydrogens is 234 g/mol. The van der Waals surface area contributed by atoms with Crippen LogP contribution in [0.5, 0.6) is 0 Å². The van der Waals surface area contributed by atoms with Crippen LogP contribution < -0.4 is 0 Å². The van der Waals surface area contributed by atoms with Crippen LogP contribution in [-0.4, -0.2) is 0 Å². The van der Waals surface area contributed by atoms with Crippen molar-refractivity contribution in [3.8, 4) is 0 Å². The Hall–Kier alpha value is 0.150. The molecular formula is F9PS. The fourth-order valence-corrected chi connectivity index (χ4v) is 0. The SMILES string of the molecule is F[P-](F)(F)(F)(F)F.F[S+](F)F. The van der Waals surface area contributed by atoms with Crippen LogP contribution in [0.2, 0.25) is 0 Å². The van der Waals surface area contributed by atoms with Gasteiger partial charge >= 0.3 is 45.0 Å². The molecule has 0 rings (SSSR count). The average Bonchev–Trinajstić information content (AvgIpc) is 1.11. The predicted molar refractivity (Wildman–Crippen MR) is 24.3 cm³/mol. The Kier molecular flexibility index (Phi) is 3.22. The molecule has 0 bridgehead atoms. The van der Waals surface area contributed by atoms with Crippen LogP contribution >= 0.6 is 7.81 Å². The molecule has 0 aliphatic carbocycles. The molecule has 11 heteroatoms. The van der Waals surface area contributed by atoms with E-state index in [2.05, 4.69) is 0 Å². The molecule has 0 aromatic carbocycles. The standard InChI is InChI=1S/F6P.F3S/c1-7(2,3,4,5)6;1-4(2)3/q-1;+1. The summed E-state index contributed by atoms with van der Waals surface area (Å²) in [6.07, 6.45) is 0. The molecule has 0 saturated carbocycles. The van der Waals surface area contributed by atoms with Gasteiger partial charge in [0, 0.05) is 0 Å². The number of hydrogen-bond donors (Lipinski definition) is 0. The zero-order chi connectivity index (χ0) is 9.99. The molecule has 0 aromatic rings. The summed E-state index contributed by atoms with van der Waals surface area (Å²) in [5, 5.41) is 0. The predicted octanol–water partition coefficient (Wildman–Crippen LogP) is 4.64. The molecule has 74 valence electrons. The van der Waals surface area contributed by atoms with E-state index < -0.39 is 19.9 Å². The van der Waals surface area contributed by atoms with Crippen molar-refractivity contribution in [3.63, 3.8) is 0 Å². The van der Waals surface area contributed by atoms with E-state index >= 15 is 0 Å². The summed E-state index contributed by atoms with van der Waals surface area (Å²) in [5.74, 6) is 0. The molecule has 0 amide bonds. The first-order valence-electron chi connectivity index (χ1n) is 1.48. The summed E-state index contributed by atoms with van der Waals surface area (Å²) >= 11 is -3.86. The molecule has 0 spiro atoms. The van der Waals surface area contributed by atoms with Crippen molar-refractivity contribution >= 4 is 19.9 Å². The summed E-state index contributed by atoms with van der Waals surface area (Å²) < 4.78 is 88.3. The van der Waals surface area contributed by atoms with Gasteiger partial charge in [0.2, 0.25) is 0 Å². The average molecular weight is 234 g/mol. The van der Waals surface area contributed by atoms with Crippen LogP contribution in [0.15, 0.2) is 0 Å². The second-order valence-electron chi connectivity index (χ2n) is 1.13. The van der Waals surface area contributed by atoms with Crippen LogP contribution in [-0.2, 0) is 12.1 Å². The summed E-state index contributed by atoms with van der Waals surface area (Å²) in [5.41, 5.74) is 0. The van der Waals surface area contributed by atoms with E-state index in [-0.39, 0.29) is 0 Å². The van der Waals surface area contributed by atoms with Gasteiger partial charge in [0.1, 0.15) is 11.7 Å². The van der Waals surface area contributed by atoms with E-state index in [1.807, 2.05) is 0 Å². The fourth-order valence-electron chi connectivity index (χ4n) is 0. The molecule has 0 unspecified atom stereocenters. The molecule has 0 radical (unpaired) electrons. The van der Waals surface area contributed by atoms with Gasteiger partial charge in [-0.1, -0.05) is 0 Å². The molecule has 0 fully saturated rings. The van der Waals surface area contributed by atoms with Gasteiger partial charge in [0.05, 0.1) is 0 Å². The third-order valence-corrected chi connectivity index (χ3v) is 0. The molecule has 0 saturated heterocycles. The van der Waals surface area contributed by atoms with E-state index in [1.54, 1.807) is 0 Å². The van der Waals surface area contributed by atoms with Gasteiger partial charge in [-0.25, -0.2) is 0 Å². The second kappa shape index (κ2) is 2.58. The summed E-state index contributed by atoms with van der Waals surface area (Å²) in [4.78, 5) is 0. The Morgan fingerprint density at radius 2 is 0.636 bits per heavy atom. The Labute approximate surface area is 57.8 Å². The van der Waals surface area contributed by atoms with E-state index in [1.165, 1.54) is 0 Å². The fraction of sp³-hybridized carbons (Fsp3) is 0. The summed E-state index contributed by atoms with van der Waals surface area (Å²) in [7, 11) is -10.7. The van der Waals surface area contributed by atoms with Gasteiger partial charge in [-0.2, -0.15) is 0 Å². The van der Waals surface area contributed by atoms with Crippen LogP contribution in [0.1, 0.15) is 0 Å². The van der Waals surface area contributed by atoms with Gasteiger partial charge in [-0.3, -0.25) is 0 Å². The van der Waals surface area contributed by atoms with Gasteiger partial charge in [-0.15, -0.1) is 0 Å². The maximum Gasteiger partial charge on any atom is 0.661 e. The van der Waals surface area contributed by atoms with Gasteiger partial charge in [-0.05, 0) is 0 Å². The van der Waals surface area contributed by atoms with E-state index in [9.17, 15) is 36.8 Å². The minimum absolute atomic E-state index is 3.86. The van der Waals surface area contributed by atoms with Gasteiger partial charge in [0.25, 0.3) is 0 Å². The third kappa shape index (κ3) is 30000. The zero-order valence-corrected chi connectivity index (χ0v) is 5.97. The van der Waals surface area contributed by atoms with Gasteiger partial charge in [0.15, 0.2) is 0 Å². The van der Waals surface area contributed by atoms with Crippen LogP contribution in [0.4, 0.5) is 36.8 Å². The molecule has 0 heterocycles. The van der Waals surface area contributed by atoms with Crippen LogP contribution in [0.3, 0.4) is 0 Å². The number of halogens is 9. The zero-order valence-electron chi connectivity index (χ0n) is 4.26. The largest absolute Gasteiger partial charge is 0.661 e. The molecule has 0 atom stereocenters. The Balaban J connectivity index is 0. The summed E-state index contributed by atoms with van der Waals surface area (Å²) in [6.45, 7) is 0. The minimum Gasteiger partial charge on any atom is 0.113 e. The Morgan fingerprint density at radius 1 is 0.636 bits per heavy atom. The molecule has 0 N–H and O–H groups in total. The first-order valence-corrected chi connectivity index (χ1v) is 4.43. The summed E-state index contributed by atoms with van der Waals surface area (Å²) in [6, 6.07) is 0. The van der Waals surface area contributed by atoms with Crippen molar-refractivity contribution in [3.05, 3.63) is 0 Å². The first-order chi connectivity index (χ1) is 4.18. The minimum atomic E-state index is -10.7. The second-order valence-corrected chi connectivity index (χ2v) is 3.40. The van der Waals surface area contributed by atoms with Crippen LogP contribution in [0.25, 0.3) is 0 Å². The maximum absolute atomic E-state index is 10.7. The van der Waals surface area contributed by atoms with Crippen molar-refractivity contribution in [1.82, 2.24) is 0 Å². The van der Waals surface area contributed by atoms with Gasteiger partial charge < -0.3 is 0 Å². The van der Waals surface area contributed by atoms with Crippen molar-refractivity contribution in [2.24, 2.45) is 0 Å². The van der Waals surface area contributed by atoms with Crippen molar-refractivity contribution in [2.75, 3.05) is 0 Å². The van der Waals surface area contributed by atoms with Crippen LogP contribution in [0, 0.1) is 0 Å². The molecule has 11 heavy (non-hydrogen) atoms. The van der Waals surface area contributed by atoms with Crippen molar-refractivity contribution in [1.29, 1.82) is 0 Å². The molecule has 0 aliphatic rings. The number of rotatable bonds is 0. The van der Waals surface area contributed by atoms with E-state index in [4.69, 9.17) is 0 Å². The smallest absolute Gasteiger partial charge is 0.113 e. The maximum atomic E-state index is 9.87. The normalized spacial score (nSPS) is 18.0. The first kappa shape index (κ1) is 13.7. The topological polar surface area (TPSA) is 0 Å². The van der Waals surface area contributed by atoms with E-state index in [0.29, 0.717) is 0 Å². The Bertz CT molecular complexity index is 96.3. The quantitative estimate of drug-likeness (QED) is 0.325. The van der Waals surface area contributed by atoms with Crippen molar-refractivity contribution in [2.45, 2.75) is 0 Å². The van der Waals surface area contributed by atoms with Crippen molar-refractivity contribution < 1.29 is 36.8 Å². The van der Waals surface area contributed by atoms with E-state index in [0.717, 1.165) is 0 Å². The molecule has 0 aliphatic heterocycles. The molecule has 0 nitrogen and oxygen atoms in total. The Morgan fingerprint density at radius 3 is 0.636 bits per heavy atom. The molecule has 0 aromatic heterocycles. The third-order valence-electron chi connectivity index (χ3n) is 0. The monoisotopic (exact) mass is 234 g/mol.